The third kappa shape index (κ3) is 3.06. The molecule has 0 saturated carbocycles. The lowest BCUT2D eigenvalue weighted by atomic mass is 9.95. The molecule has 1 aliphatic heterocycles. The number of hydrogen-bond acceptors (Lipinski definition) is 3. The molecular weight excluding hydrogens is 266 g/mol. The van der Waals surface area contributed by atoms with Crippen molar-refractivity contribution in [3.05, 3.63) is 65.2 Å². The van der Waals surface area contributed by atoms with Gasteiger partial charge in [0.05, 0.1) is 0 Å². The molecule has 1 heterocycles. The van der Waals surface area contributed by atoms with Crippen LogP contribution >= 0.6 is 0 Å². The number of ether oxygens (including phenoxy) is 1. The zero-order valence-electron chi connectivity index (χ0n) is 11.6. The zero-order chi connectivity index (χ0) is 14.7. The minimum Gasteiger partial charge on any atom is -0.489 e. The third-order valence-corrected chi connectivity index (χ3v) is 3.71. The first-order valence-corrected chi connectivity index (χ1v) is 6.98. The van der Waals surface area contributed by atoms with Crippen molar-refractivity contribution in [3.8, 4) is 5.75 Å². The Morgan fingerprint density at radius 2 is 2.00 bits per heavy atom. The summed E-state index contributed by atoms with van der Waals surface area (Å²) in [6, 6.07) is 15.3. The molecule has 0 fully saturated rings. The minimum atomic E-state index is -0.821. The van der Waals surface area contributed by atoms with E-state index in [1.165, 1.54) is 0 Å². The van der Waals surface area contributed by atoms with E-state index in [9.17, 15) is 4.79 Å². The van der Waals surface area contributed by atoms with Crippen molar-refractivity contribution < 1.29 is 14.6 Å². The molecule has 4 heteroatoms. The minimum absolute atomic E-state index is 0.454. The molecule has 4 nitrogen and oxygen atoms in total. The largest absolute Gasteiger partial charge is 0.489 e. The maximum atomic E-state index is 11.2. The molecule has 0 amide bonds. The number of benzene rings is 2. The first-order chi connectivity index (χ1) is 10.2. The van der Waals surface area contributed by atoms with Gasteiger partial charge in [-0.05, 0) is 17.2 Å². The number of nitrogens with one attached hydrogen (secondary N) is 1. The second-order valence-corrected chi connectivity index (χ2v) is 5.14. The fraction of sp³-hybridized carbons (Fsp3) is 0.235. The normalized spacial score (nSPS) is 17.0. The highest BCUT2D eigenvalue weighted by Crippen LogP contribution is 2.27. The van der Waals surface area contributed by atoms with Crippen LogP contribution in [0.25, 0.3) is 0 Å². The fourth-order valence-corrected chi connectivity index (χ4v) is 2.56. The number of carboxylic acids is 1. The summed E-state index contributed by atoms with van der Waals surface area (Å²) in [4.78, 5) is 11.2. The molecule has 0 spiro atoms. The number of hydrogen-bond donors (Lipinski definition) is 2. The Balaban J connectivity index is 1.79. The average molecular weight is 283 g/mol. The van der Waals surface area contributed by atoms with Crippen LogP contribution in [0.5, 0.6) is 5.75 Å². The Hall–Kier alpha value is -2.33. The second kappa shape index (κ2) is 5.97. The Morgan fingerprint density at radius 3 is 2.76 bits per heavy atom. The molecule has 3 rings (SSSR count). The van der Waals surface area contributed by atoms with Gasteiger partial charge in [0.15, 0.2) is 0 Å². The molecule has 2 aromatic rings. The van der Waals surface area contributed by atoms with E-state index in [0.29, 0.717) is 19.6 Å². The van der Waals surface area contributed by atoms with E-state index < -0.39 is 12.0 Å². The summed E-state index contributed by atoms with van der Waals surface area (Å²) in [5.41, 5.74) is 3.21. The summed E-state index contributed by atoms with van der Waals surface area (Å²) in [6.07, 6.45) is 0.454. The monoisotopic (exact) mass is 283 g/mol. The van der Waals surface area contributed by atoms with Gasteiger partial charge < -0.3 is 15.2 Å². The van der Waals surface area contributed by atoms with Crippen LogP contribution in [0.2, 0.25) is 0 Å². The smallest absolute Gasteiger partial charge is 0.321 e. The number of carbonyl (C=O) groups is 1. The number of carboxylic acid groups (broad SMARTS) is 1. The van der Waals surface area contributed by atoms with Gasteiger partial charge >= 0.3 is 5.97 Å². The molecule has 0 bridgehead atoms. The highest BCUT2D eigenvalue weighted by Gasteiger charge is 2.25. The average Bonchev–Trinajstić information content (AvgIpc) is 2.53. The predicted molar refractivity (Wildman–Crippen MR) is 79.2 cm³/mol. The third-order valence-electron chi connectivity index (χ3n) is 3.71. The van der Waals surface area contributed by atoms with Crippen molar-refractivity contribution in [1.82, 2.24) is 5.32 Å². The van der Waals surface area contributed by atoms with Gasteiger partial charge in [0.2, 0.25) is 0 Å². The predicted octanol–water partition coefficient (Wildman–Crippen LogP) is 2.36. The van der Waals surface area contributed by atoms with Gasteiger partial charge in [-0.25, -0.2) is 0 Å². The number of aliphatic carboxylic acids is 1. The first kappa shape index (κ1) is 13.6. The van der Waals surface area contributed by atoms with Crippen LogP contribution in [-0.2, 0) is 24.4 Å². The summed E-state index contributed by atoms with van der Waals surface area (Å²) >= 11 is 0. The van der Waals surface area contributed by atoms with Crippen molar-refractivity contribution >= 4 is 5.97 Å². The van der Waals surface area contributed by atoms with Crippen LogP contribution in [0.3, 0.4) is 0 Å². The van der Waals surface area contributed by atoms with Gasteiger partial charge in [-0.15, -0.1) is 0 Å². The molecule has 1 unspecified atom stereocenters. The van der Waals surface area contributed by atoms with E-state index in [-0.39, 0.29) is 0 Å². The topological polar surface area (TPSA) is 58.6 Å². The quantitative estimate of drug-likeness (QED) is 0.904. The fourth-order valence-electron chi connectivity index (χ4n) is 2.56. The van der Waals surface area contributed by atoms with Crippen LogP contribution in [0.1, 0.15) is 16.7 Å². The molecule has 0 aliphatic carbocycles. The Bertz CT molecular complexity index is 640. The van der Waals surface area contributed by atoms with Crippen LogP contribution in [0, 0.1) is 0 Å². The molecule has 0 aromatic heterocycles. The standard InChI is InChI=1S/C17H17NO3/c19-17(20)15-9-14-13(10-18-15)7-4-8-16(14)21-11-12-5-2-1-3-6-12/h1-8,15,18H,9-11H2,(H,19,20). The molecular formula is C17H17NO3. The van der Waals surface area contributed by atoms with E-state index in [1.807, 2.05) is 48.5 Å². The molecule has 108 valence electrons. The van der Waals surface area contributed by atoms with Crippen LogP contribution in [-0.4, -0.2) is 17.1 Å². The molecule has 2 aromatic carbocycles. The van der Waals surface area contributed by atoms with E-state index in [2.05, 4.69) is 5.32 Å². The Morgan fingerprint density at radius 1 is 1.19 bits per heavy atom. The van der Waals surface area contributed by atoms with Gasteiger partial charge in [0.25, 0.3) is 0 Å². The maximum absolute atomic E-state index is 11.2. The molecule has 0 radical (unpaired) electrons. The van der Waals surface area contributed by atoms with Crippen molar-refractivity contribution in [1.29, 1.82) is 0 Å². The summed E-state index contributed by atoms with van der Waals surface area (Å²) in [6.45, 7) is 1.05. The lowest BCUT2D eigenvalue weighted by molar-refractivity contribution is -0.139. The van der Waals surface area contributed by atoms with Gasteiger partial charge in [0.1, 0.15) is 18.4 Å². The van der Waals surface area contributed by atoms with Crippen molar-refractivity contribution in [3.63, 3.8) is 0 Å². The highest BCUT2D eigenvalue weighted by molar-refractivity contribution is 5.74. The first-order valence-electron chi connectivity index (χ1n) is 6.98. The summed E-state index contributed by atoms with van der Waals surface area (Å²) in [7, 11) is 0. The van der Waals surface area contributed by atoms with E-state index >= 15 is 0 Å². The van der Waals surface area contributed by atoms with Gasteiger partial charge in [-0.1, -0.05) is 42.5 Å². The molecule has 21 heavy (non-hydrogen) atoms. The van der Waals surface area contributed by atoms with E-state index in [4.69, 9.17) is 9.84 Å². The van der Waals surface area contributed by atoms with Crippen LogP contribution < -0.4 is 10.1 Å². The lowest BCUT2D eigenvalue weighted by Gasteiger charge is -2.25. The van der Waals surface area contributed by atoms with Gasteiger partial charge in [0, 0.05) is 18.5 Å². The Kier molecular flexibility index (Phi) is 3.88. The van der Waals surface area contributed by atoms with Crippen LogP contribution in [0.4, 0.5) is 0 Å². The summed E-state index contributed by atoms with van der Waals surface area (Å²) in [5.74, 6) is -0.0392. The summed E-state index contributed by atoms with van der Waals surface area (Å²) < 4.78 is 5.90. The summed E-state index contributed by atoms with van der Waals surface area (Å²) in [5, 5.41) is 12.2. The molecule has 0 saturated heterocycles. The zero-order valence-corrected chi connectivity index (χ0v) is 11.6. The maximum Gasteiger partial charge on any atom is 0.321 e. The Labute approximate surface area is 123 Å². The van der Waals surface area contributed by atoms with Gasteiger partial charge in [-0.3, -0.25) is 4.79 Å². The van der Waals surface area contributed by atoms with Gasteiger partial charge in [-0.2, -0.15) is 0 Å². The van der Waals surface area contributed by atoms with Crippen LogP contribution in [0.15, 0.2) is 48.5 Å². The molecule has 2 N–H and O–H groups in total. The van der Waals surface area contributed by atoms with Crippen molar-refractivity contribution in [2.24, 2.45) is 0 Å². The van der Waals surface area contributed by atoms with Crippen molar-refractivity contribution in [2.45, 2.75) is 25.6 Å². The number of fused-ring (bicyclic) bond motifs is 1. The second-order valence-electron chi connectivity index (χ2n) is 5.14. The molecule has 1 aliphatic rings. The van der Waals surface area contributed by atoms with E-state index in [1.54, 1.807) is 0 Å². The number of rotatable bonds is 4. The highest BCUT2D eigenvalue weighted by atomic mass is 16.5. The lowest BCUT2D eigenvalue weighted by Crippen LogP contribution is -2.41. The van der Waals surface area contributed by atoms with E-state index in [0.717, 1.165) is 22.4 Å². The van der Waals surface area contributed by atoms with Crippen molar-refractivity contribution in [2.75, 3.05) is 0 Å². The molecule has 1 atom stereocenters. The SMILES string of the molecule is O=C(O)C1Cc2c(cccc2OCc2ccccc2)CN1.